The molecule has 66 valence electrons. The summed E-state index contributed by atoms with van der Waals surface area (Å²) in [4.78, 5) is 0. The molecule has 0 aromatic rings. The molecule has 3 nitrogen and oxygen atoms in total. The van der Waals surface area contributed by atoms with Crippen molar-refractivity contribution in [2.24, 2.45) is 5.41 Å². The van der Waals surface area contributed by atoms with Crippen LogP contribution in [-0.2, 0) is 9.47 Å². The molecule has 0 aromatic carbocycles. The summed E-state index contributed by atoms with van der Waals surface area (Å²) in [6.45, 7) is 3.82. The Labute approximate surface area is 67.3 Å². The van der Waals surface area contributed by atoms with Crippen molar-refractivity contribution < 1.29 is 14.6 Å². The number of ether oxygens (including phenoxy) is 2. The number of aliphatic hydroxyl groups is 1. The summed E-state index contributed by atoms with van der Waals surface area (Å²) < 4.78 is 10.2. The maximum Gasteiger partial charge on any atom is 0.0849 e. The van der Waals surface area contributed by atoms with Gasteiger partial charge >= 0.3 is 0 Å². The molecule has 1 heterocycles. The molecule has 1 rings (SSSR count). The zero-order chi connectivity index (χ0) is 8.32. The number of rotatable bonds is 2. The first-order chi connectivity index (χ1) is 5.19. The molecule has 2 unspecified atom stereocenters. The molecular formula is C8H16O3. The average Bonchev–Trinajstić information content (AvgIpc) is 1.96. The molecule has 1 aliphatic rings. The first-order valence-corrected chi connectivity index (χ1v) is 3.94. The van der Waals surface area contributed by atoms with E-state index in [0.29, 0.717) is 13.2 Å². The Kier molecular flexibility index (Phi) is 2.87. The van der Waals surface area contributed by atoms with Crippen LogP contribution in [0, 0.1) is 5.41 Å². The molecule has 0 radical (unpaired) electrons. The molecule has 1 aliphatic heterocycles. The second-order valence-electron chi connectivity index (χ2n) is 3.43. The third-order valence-corrected chi connectivity index (χ3v) is 2.37. The smallest absolute Gasteiger partial charge is 0.0849 e. The van der Waals surface area contributed by atoms with E-state index >= 15 is 0 Å². The van der Waals surface area contributed by atoms with Crippen LogP contribution in [0.2, 0.25) is 0 Å². The minimum atomic E-state index is -0.379. The van der Waals surface area contributed by atoms with E-state index in [4.69, 9.17) is 9.47 Å². The van der Waals surface area contributed by atoms with E-state index in [2.05, 4.69) is 0 Å². The van der Waals surface area contributed by atoms with E-state index in [1.165, 1.54) is 0 Å². The maximum absolute atomic E-state index is 9.55. The summed E-state index contributed by atoms with van der Waals surface area (Å²) in [6, 6.07) is 0. The summed E-state index contributed by atoms with van der Waals surface area (Å²) in [5.41, 5.74) is -0.104. The van der Waals surface area contributed by atoms with Crippen molar-refractivity contribution in [1.29, 1.82) is 0 Å². The van der Waals surface area contributed by atoms with Crippen LogP contribution in [0.15, 0.2) is 0 Å². The van der Waals surface area contributed by atoms with Crippen molar-refractivity contribution >= 4 is 0 Å². The van der Waals surface area contributed by atoms with E-state index in [-0.39, 0.29) is 11.5 Å². The van der Waals surface area contributed by atoms with E-state index < -0.39 is 0 Å². The van der Waals surface area contributed by atoms with E-state index in [0.717, 1.165) is 13.0 Å². The van der Waals surface area contributed by atoms with Gasteiger partial charge in [-0.25, -0.2) is 0 Å². The quantitative estimate of drug-likeness (QED) is 0.636. The lowest BCUT2D eigenvalue weighted by atomic mass is 9.81. The second-order valence-corrected chi connectivity index (χ2v) is 3.43. The van der Waals surface area contributed by atoms with Gasteiger partial charge in [-0.2, -0.15) is 0 Å². The van der Waals surface area contributed by atoms with E-state index in [1.54, 1.807) is 7.11 Å². The fraction of sp³-hybridized carbons (Fsp3) is 1.00. The van der Waals surface area contributed by atoms with Crippen LogP contribution in [0.5, 0.6) is 0 Å². The van der Waals surface area contributed by atoms with Gasteiger partial charge in [0.2, 0.25) is 0 Å². The molecule has 11 heavy (non-hydrogen) atoms. The Hall–Kier alpha value is -0.120. The van der Waals surface area contributed by atoms with Crippen molar-refractivity contribution in [3.63, 3.8) is 0 Å². The highest BCUT2D eigenvalue weighted by atomic mass is 16.5. The summed E-state index contributed by atoms with van der Waals surface area (Å²) >= 11 is 0. The standard InChI is InChI=1S/C8H16O3/c1-8(6-10-2)3-4-11-5-7(8)9/h7,9H,3-6H2,1-2H3. The molecule has 0 bridgehead atoms. The molecule has 0 aliphatic carbocycles. The van der Waals surface area contributed by atoms with Crippen LogP contribution >= 0.6 is 0 Å². The molecule has 0 aromatic heterocycles. The van der Waals surface area contributed by atoms with Gasteiger partial charge in [0.1, 0.15) is 0 Å². The molecule has 1 fully saturated rings. The van der Waals surface area contributed by atoms with Gasteiger partial charge in [-0.05, 0) is 6.42 Å². The van der Waals surface area contributed by atoms with E-state index in [9.17, 15) is 5.11 Å². The number of methoxy groups -OCH3 is 1. The van der Waals surface area contributed by atoms with E-state index in [1.807, 2.05) is 6.92 Å². The Morgan fingerprint density at radius 3 is 3.00 bits per heavy atom. The van der Waals surface area contributed by atoms with Gasteiger partial charge in [0.15, 0.2) is 0 Å². The third-order valence-electron chi connectivity index (χ3n) is 2.37. The van der Waals surface area contributed by atoms with Gasteiger partial charge in [-0.3, -0.25) is 0 Å². The lowest BCUT2D eigenvalue weighted by Gasteiger charge is -2.37. The maximum atomic E-state index is 9.55. The van der Waals surface area contributed by atoms with Crippen molar-refractivity contribution in [2.45, 2.75) is 19.4 Å². The molecule has 1 N–H and O–H groups in total. The first-order valence-electron chi connectivity index (χ1n) is 3.94. The van der Waals surface area contributed by atoms with Crippen LogP contribution in [-0.4, -0.2) is 38.1 Å². The predicted octanol–water partition coefficient (Wildman–Crippen LogP) is 0.420. The topological polar surface area (TPSA) is 38.7 Å². The normalized spacial score (nSPS) is 39.0. The molecule has 0 saturated carbocycles. The fourth-order valence-electron chi connectivity index (χ4n) is 1.37. The molecule has 1 saturated heterocycles. The van der Waals surface area contributed by atoms with Crippen LogP contribution in [0.4, 0.5) is 0 Å². The van der Waals surface area contributed by atoms with Crippen molar-refractivity contribution in [3.8, 4) is 0 Å². The summed E-state index contributed by atoms with van der Waals surface area (Å²) in [5.74, 6) is 0. The van der Waals surface area contributed by atoms with Crippen molar-refractivity contribution in [1.82, 2.24) is 0 Å². The highest BCUT2D eigenvalue weighted by Crippen LogP contribution is 2.29. The molecule has 3 heteroatoms. The second kappa shape index (κ2) is 3.52. The first kappa shape index (κ1) is 8.97. The summed E-state index contributed by atoms with van der Waals surface area (Å²) in [6.07, 6.45) is 0.498. The lowest BCUT2D eigenvalue weighted by molar-refractivity contribution is -0.113. The van der Waals surface area contributed by atoms with Gasteiger partial charge in [-0.15, -0.1) is 0 Å². The lowest BCUT2D eigenvalue weighted by Crippen LogP contribution is -2.44. The zero-order valence-electron chi connectivity index (χ0n) is 7.17. The van der Waals surface area contributed by atoms with Gasteiger partial charge in [0, 0.05) is 19.1 Å². The number of hydrogen-bond acceptors (Lipinski definition) is 3. The fourth-order valence-corrected chi connectivity index (χ4v) is 1.37. The summed E-state index contributed by atoms with van der Waals surface area (Å²) in [5, 5.41) is 9.55. The van der Waals surface area contributed by atoms with Crippen LogP contribution in [0.1, 0.15) is 13.3 Å². The minimum absolute atomic E-state index is 0.104. The highest BCUT2D eigenvalue weighted by molar-refractivity contribution is 4.84. The molecule has 0 amide bonds. The minimum Gasteiger partial charge on any atom is -0.390 e. The van der Waals surface area contributed by atoms with Crippen LogP contribution in [0.3, 0.4) is 0 Å². The van der Waals surface area contributed by atoms with Crippen molar-refractivity contribution in [3.05, 3.63) is 0 Å². The average molecular weight is 160 g/mol. The molecule has 2 atom stereocenters. The van der Waals surface area contributed by atoms with Gasteiger partial charge < -0.3 is 14.6 Å². The van der Waals surface area contributed by atoms with Gasteiger partial charge in [-0.1, -0.05) is 6.92 Å². The zero-order valence-corrected chi connectivity index (χ0v) is 7.17. The van der Waals surface area contributed by atoms with Gasteiger partial charge in [0.05, 0.1) is 19.3 Å². The van der Waals surface area contributed by atoms with Crippen molar-refractivity contribution in [2.75, 3.05) is 26.9 Å². The molecule has 0 spiro atoms. The summed E-state index contributed by atoms with van der Waals surface area (Å²) in [7, 11) is 1.66. The SMILES string of the molecule is COCC1(C)CCOCC1O. The third kappa shape index (κ3) is 1.92. The van der Waals surface area contributed by atoms with Crippen LogP contribution in [0.25, 0.3) is 0 Å². The Morgan fingerprint density at radius 2 is 2.45 bits per heavy atom. The highest BCUT2D eigenvalue weighted by Gasteiger charge is 2.35. The largest absolute Gasteiger partial charge is 0.390 e. The Morgan fingerprint density at radius 1 is 1.73 bits per heavy atom. The predicted molar refractivity (Wildman–Crippen MR) is 41.4 cm³/mol. The van der Waals surface area contributed by atoms with Crippen LogP contribution < -0.4 is 0 Å². The molecular weight excluding hydrogens is 144 g/mol. The monoisotopic (exact) mass is 160 g/mol. The number of hydrogen-bond donors (Lipinski definition) is 1. The van der Waals surface area contributed by atoms with Gasteiger partial charge in [0.25, 0.3) is 0 Å². The Bertz CT molecular complexity index is 123. The number of aliphatic hydroxyl groups excluding tert-OH is 1. The Balaban J connectivity index is 2.49.